The molecule has 21 heavy (non-hydrogen) atoms. The third-order valence-corrected chi connectivity index (χ3v) is 2.55. The highest BCUT2D eigenvalue weighted by Crippen LogP contribution is 2.13. The molecule has 0 atom stereocenters. The molecule has 0 aliphatic carbocycles. The maximum absolute atomic E-state index is 13.3. The quantitative estimate of drug-likeness (QED) is 0.372. The standard InChI is InChI=1S/C13H17FN4O2S/c1-7(2)15-11(19)12(20)17-18-13(21)16-9-5-4-8(3)10(14)6-9/h4-7H,1-3H3,(H,15,19)(H,17,20)(H2,16,18,21). The zero-order valence-corrected chi connectivity index (χ0v) is 12.7. The Bertz CT molecular complexity index is 563. The maximum Gasteiger partial charge on any atom is 0.327 e. The number of benzene rings is 1. The van der Waals surface area contributed by atoms with Crippen LogP contribution in [0.2, 0.25) is 0 Å². The predicted molar refractivity (Wildman–Crippen MR) is 81.9 cm³/mol. The second-order valence-electron chi connectivity index (χ2n) is 4.63. The molecule has 1 aromatic carbocycles. The van der Waals surface area contributed by atoms with Crippen molar-refractivity contribution in [1.82, 2.24) is 16.2 Å². The molecule has 2 amide bonds. The monoisotopic (exact) mass is 312 g/mol. The molecule has 0 aromatic heterocycles. The summed E-state index contributed by atoms with van der Waals surface area (Å²) >= 11 is 4.91. The SMILES string of the molecule is Cc1ccc(NC(=S)NNC(=O)C(=O)NC(C)C)cc1F. The first-order valence-corrected chi connectivity index (χ1v) is 6.64. The van der Waals surface area contributed by atoms with Crippen LogP contribution >= 0.6 is 12.2 Å². The molecule has 4 N–H and O–H groups in total. The lowest BCUT2D eigenvalue weighted by Gasteiger charge is -2.12. The van der Waals surface area contributed by atoms with Crippen LogP contribution in [-0.2, 0) is 9.59 Å². The minimum atomic E-state index is -0.872. The molecule has 0 unspecified atom stereocenters. The summed E-state index contributed by atoms with van der Waals surface area (Å²) in [5.41, 5.74) is 5.43. The first kappa shape index (κ1) is 16.8. The van der Waals surface area contributed by atoms with Crippen molar-refractivity contribution in [2.45, 2.75) is 26.8 Å². The summed E-state index contributed by atoms with van der Waals surface area (Å²) in [6.07, 6.45) is 0. The lowest BCUT2D eigenvalue weighted by atomic mass is 10.2. The molecule has 0 saturated carbocycles. The Hall–Kier alpha value is -2.22. The largest absolute Gasteiger partial charge is 0.346 e. The second kappa shape index (κ2) is 7.53. The van der Waals surface area contributed by atoms with E-state index in [1.807, 2.05) is 0 Å². The minimum Gasteiger partial charge on any atom is -0.346 e. The maximum atomic E-state index is 13.3. The van der Waals surface area contributed by atoms with E-state index in [0.717, 1.165) is 0 Å². The van der Waals surface area contributed by atoms with Crippen molar-refractivity contribution in [3.8, 4) is 0 Å². The Kier molecular flexibility index (Phi) is 6.04. The summed E-state index contributed by atoms with van der Waals surface area (Å²) in [5, 5.41) is 5.14. The zero-order valence-electron chi connectivity index (χ0n) is 11.9. The molecule has 0 fully saturated rings. The number of amides is 2. The van der Waals surface area contributed by atoms with Gasteiger partial charge in [0.25, 0.3) is 0 Å². The number of hydrogen-bond donors (Lipinski definition) is 4. The molecular weight excluding hydrogens is 295 g/mol. The highest BCUT2D eigenvalue weighted by Gasteiger charge is 2.14. The van der Waals surface area contributed by atoms with E-state index < -0.39 is 11.8 Å². The van der Waals surface area contributed by atoms with E-state index in [4.69, 9.17) is 12.2 Å². The molecule has 0 saturated heterocycles. The topological polar surface area (TPSA) is 82.3 Å². The number of aryl methyl sites for hydroxylation is 1. The second-order valence-corrected chi connectivity index (χ2v) is 5.03. The van der Waals surface area contributed by atoms with Crippen LogP contribution in [0.5, 0.6) is 0 Å². The van der Waals surface area contributed by atoms with E-state index in [1.54, 1.807) is 32.9 Å². The number of hydrogen-bond acceptors (Lipinski definition) is 3. The summed E-state index contributed by atoms with van der Waals surface area (Å²) in [7, 11) is 0. The Morgan fingerprint density at radius 3 is 2.43 bits per heavy atom. The fourth-order valence-corrected chi connectivity index (χ4v) is 1.50. The summed E-state index contributed by atoms with van der Waals surface area (Å²) in [4.78, 5) is 22.7. The molecule has 0 bridgehead atoms. The molecule has 0 radical (unpaired) electrons. The number of carbonyl (C=O) groups excluding carboxylic acids is 2. The Morgan fingerprint density at radius 1 is 1.19 bits per heavy atom. The fraction of sp³-hybridized carbons (Fsp3) is 0.308. The van der Waals surface area contributed by atoms with Gasteiger partial charge < -0.3 is 10.6 Å². The number of nitrogens with one attached hydrogen (secondary N) is 4. The molecule has 0 aliphatic rings. The fourth-order valence-electron chi connectivity index (χ4n) is 1.33. The van der Waals surface area contributed by atoms with E-state index in [2.05, 4.69) is 21.5 Å². The highest BCUT2D eigenvalue weighted by atomic mass is 32.1. The molecular formula is C13H17FN4O2S. The average Bonchev–Trinajstić information content (AvgIpc) is 2.39. The molecule has 1 aromatic rings. The van der Waals surface area contributed by atoms with Gasteiger partial charge in [0, 0.05) is 11.7 Å². The van der Waals surface area contributed by atoms with E-state index >= 15 is 0 Å². The number of rotatable bonds is 2. The van der Waals surface area contributed by atoms with Crippen molar-refractivity contribution < 1.29 is 14.0 Å². The van der Waals surface area contributed by atoms with Gasteiger partial charge in [0.2, 0.25) is 0 Å². The minimum absolute atomic E-state index is 0.0314. The number of thiocarbonyl (C=S) groups is 1. The lowest BCUT2D eigenvalue weighted by molar-refractivity contribution is -0.139. The van der Waals surface area contributed by atoms with Crippen LogP contribution in [0.1, 0.15) is 19.4 Å². The van der Waals surface area contributed by atoms with Crippen LogP contribution in [0.4, 0.5) is 10.1 Å². The summed E-state index contributed by atoms with van der Waals surface area (Å²) in [6, 6.07) is 4.36. The third kappa shape index (κ3) is 5.74. The highest BCUT2D eigenvalue weighted by molar-refractivity contribution is 7.80. The van der Waals surface area contributed by atoms with Gasteiger partial charge in [0.1, 0.15) is 5.82 Å². The first-order valence-electron chi connectivity index (χ1n) is 6.23. The molecule has 0 heterocycles. The van der Waals surface area contributed by atoms with Crippen molar-refractivity contribution in [1.29, 1.82) is 0 Å². The van der Waals surface area contributed by atoms with Gasteiger partial charge in [-0.15, -0.1) is 0 Å². The van der Waals surface area contributed by atoms with E-state index in [1.165, 1.54) is 6.07 Å². The Balaban J connectivity index is 2.45. The van der Waals surface area contributed by atoms with Crippen LogP contribution in [0, 0.1) is 12.7 Å². The predicted octanol–water partition coefficient (Wildman–Crippen LogP) is 0.976. The normalized spacial score (nSPS) is 9.95. The van der Waals surface area contributed by atoms with Gasteiger partial charge in [0.15, 0.2) is 5.11 Å². The molecule has 114 valence electrons. The smallest absolute Gasteiger partial charge is 0.327 e. The summed E-state index contributed by atoms with van der Waals surface area (Å²) in [6.45, 7) is 5.11. The van der Waals surface area contributed by atoms with Gasteiger partial charge in [-0.05, 0) is 50.7 Å². The average molecular weight is 312 g/mol. The summed E-state index contributed by atoms with van der Waals surface area (Å²) < 4.78 is 13.3. The van der Waals surface area contributed by atoms with Gasteiger partial charge in [-0.3, -0.25) is 20.4 Å². The van der Waals surface area contributed by atoms with Crippen LogP contribution in [0.15, 0.2) is 18.2 Å². The van der Waals surface area contributed by atoms with Gasteiger partial charge in [-0.1, -0.05) is 6.07 Å². The number of anilines is 1. The summed E-state index contributed by atoms with van der Waals surface area (Å²) in [5.74, 6) is -2.02. The van der Waals surface area contributed by atoms with Crippen molar-refractivity contribution in [2.75, 3.05) is 5.32 Å². The molecule has 0 spiro atoms. The molecule has 6 nitrogen and oxygen atoms in total. The van der Waals surface area contributed by atoms with E-state index in [-0.39, 0.29) is 17.0 Å². The third-order valence-electron chi connectivity index (χ3n) is 2.35. The van der Waals surface area contributed by atoms with Crippen molar-refractivity contribution in [2.24, 2.45) is 0 Å². The van der Waals surface area contributed by atoms with E-state index in [0.29, 0.717) is 11.3 Å². The van der Waals surface area contributed by atoms with E-state index in [9.17, 15) is 14.0 Å². The molecule has 0 aliphatic heterocycles. The van der Waals surface area contributed by atoms with Gasteiger partial charge in [-0.25, -0.2) is 4.39 Å². The number of hydrazine groups is 1. The van der Waals surface area contributed by atoms with Gasteiger partial charge in [0.05, 0.1) is 0 Å². The van der Waals surface area contributed by atoms with Crippen LogP contribution < -0.4 is 21.5 Å². The number of carbonyl (C=O) groups is 2. The Labute approximate surface area is 127 Å². The lowest BCUT2D eigenvalue weighted by Crippen LogP contribution is -2.50. The van der Waals surface area contributed by atoms with Crippen LogP contribution in [-0.4, -0.2) is 23.0 Å². The zero-order chi connectivity index (χ0) is 16.0. The van der Waals surface area contributed by atoms with Crippen LogP contribution in [0.25, 0.3) is 0 Å². The molecule has 1 rings (SSSR count). The van der Waals surface area contributed by atoms with Gasteiger partial charge >= 0.3 is 11.8 Å². The number of halogens is 1. The van der Waals surface area contributed by atoms with Crippen molar-refractivity contribution in [3.63, 3.8) is 0 Å². The van der Waals surface area contributed by atoms with Crippen molar-refractivity contribution >= 4 is 34.8 Å². The van der Waals surface area contributed by atoms with Crippen molar-refractivity contribution in [3.05, 3.63) is 29.6 Å². The van der Waals surface area contributed by atoms with Gasteiger partial charge in [-0.2, -0.15) is 0 Å². The Morgan fingerprint density at radius 2 is 1.86 bits per heavy atom. The first-order chi connectivity index (χ1) is 9.79. The molecule has 8 heteroatoms. The van der Waals surface area contributed by atoms with Crippen LogP contribution in [0.3, 0.4) is 0 Å².